The number of carbonyl (C=O) groups is 1. The Morgan fingerprint density at radius 3 is 2.84 bits per heavy atom. The van der Waals surface area contributed by atoms with E-state index in [1.165, 1.54) is 5.56 Å². The Hall–Kier alpha value is -2.27. The maximum absolute atomic E-state index is 11.6. The van der Waals surface area contributed by atoms with Gasteiger partial charge in [-0.2, -0.15) is 0 Å². The highest BCUT2D eigenvalue weighted by molar-refractivity contribution is 5.79. The number of unbranched alkanes of at least 4 members (excludes halogenated alkanes) is 1. The first-order chi connectivity index (χ1) is 12.1. The molecule has 25 heavy (non-hydrogen) atoms. The maximum Gasteiger partial charge on any atom is 0.234 e. The molecule has 0 bridgehead atoms. The summed E-state index contributed by atoms with van der Waals surface area (Å²) in [6.07, 6.45) is 4.62. The number of hydrogen-bond donors (Lipinski definition) is 1. The zero-order valence-corrected chi connectivity index (χ0v) is 15.1. The van der Waals surface area contributed by atoms with Gasteiger partial charge in [-0.25, -0.2) is 0 Å². The van der Waals surface area contributed by atoms with Crippen LogP contribution in [0.1, 0.15) is 38.0 Å². The zero-order chi connectivity index (χ0) is 18.1. The molecular formula is C20H28N2O3. The van der Waals surface area contributed by atoms with Crippen LogP contribution in [0, 0.1) is 0 Å². The number of furan rings is 1. The highest BCUT2D eigenvalue weighted by Gasteiger charge is 2.20. The van der Waals surface area contributed by atoms with E-state index in [0.717, 1.165) is 37.4 Å². The van der Waals surface area contributed by atoms with Crippen LogP contribution in [0.4, 0.5) is 0 Å². The average Bonchev–Trinajstić information content (AvgIpc) is 3.11. The third-order valence-corrected chi connectivity index (χ3v) is 4.25. The summed E-state index contributed by atoms with van der Waals surface area (Å²) in [5.74, 6) is 1.39. The molecule has 2 rings (SSSR count). The number of hydrogen-bond acceptors (Lipinski definition) is 4. The minimum Gasteiger partial charge on any atom is -0.494 e. The second-order valence-electron chi connectivity index (χ2n) is 6.23. The lowest BCUT2D eigenvalue weighted by Gasteiger charge is -2.26. The maximum atomic E-state index is 11.6. The van der Waals surface area contributed by atoms with Gasteiger partial charge < -0.3 is 14.9 Å². The monoisotopic (exact) mass is 344 g/mol. The molecule has 0 aliphatic heterocycles. The fourth-order valence-electron chi connectivity index (χ4n) is 2.59. The highest BCUT2D eigenvalue weighted by atomic mass is 16.5. The van der Waals surface area contributed by atoms with Gasteiger partial charge in [0.15, 0.2) is 0 Å². The first kappa shape index (κ1) is 19.1. The fraction of sp³-hybridized carbons (Fsp3) is 0.450. The number of amides is 1. The molecule has 0 spiro atoms. The molecule has 1 aromatic carbocycles. The van der Waals surface area contributed by atoms with Crippen LogP contribution in [0.5, 0.6) is 5.75 Å². The molecule has 5 nitrogen and oxygen atoms in total. The van der Waals surface area contributed by atoms with Gasteiger partial charge in [-0.05, 0) is 49.6 Å². The van der Waals surface area contributed by atoms with E-state index >= 15 is 0 Å². The molecule has 1 heterocycles. The van der Waals surface area contributed by atoms with E-state index in [1.807, 2.05) is 36.1 Å². The van der Waals surface area contributed by atoms with Gasteiger partial charge in [0.1, 0.15) is 11.5 Å². The van der Waals surface area contributed by atoms with Crippen LogP contribution in [0.25, 0.3) is 0 Å². The summed E-state index contributed by atoms with van der Waals surface area (Å²) >= 11 is 0. The van der Waals surface area contributed by atoms with E-state index < -0.39 is 0 Å². The van der Waals surface area contributed by atoms with E-state index in [0.29, 0.717) is 13.1 Å². The first-order valence-electron chi connectivity index (χ1n) is 8.87. The SMILES string of the molecule is CCCCOc1cccc(CCN(Cc2ccco2)C(C)C(N)=O)c1. The molecule has 1 amide bonds. The van der Waals surface area contributed by atoms with E-state index in [9.17, 15) is 4.79 Å². The van der Waals surface area contributed by atoms with Crippen LogP contribution in [0.2, 0.25) is 0 Å². The van der Waals surface area contributed by atoms with Crippen LogP contribution in [0.3, 0.4) is 0 Å². The standard InChI is InChI=1S/C20H28N2O3/c1-3-4-12-24-18-8-5-7-17(14-18)10-11-22(16(2)20(21)23)15-19-9-6-13-25-19/h5-9,13-14,16H,3-4,10-12,15H2,1-2H3,(H2,21,23). The molecule has 0 radical (unpaired) electrons. The zero-order valence-electron chi connectivity index (χ0n) is 15.1. The van der Waals surface area contributed by atoms with Crippen molar-refractivity contribution in [2.24, 2.45) is 5.73 Å². The second kappa shape index (κ2) is 9.89. The smallest absolute Gasteiger partial charge is 0.234 e. The summed E-state index contributed by atoms with van der Waals surface area (Å²) in [6, 6.07) is 11.5. The molecular weight excluding hydrogens is 316 g/mol. The minimum absolute atomic E-state index is 0.330. The largest absolute Gasteiger partial charge is 0.494 e. The van der Waals surface area contributed by atoms with Crippen molar-refractivity contribution in [2.45, 2.75) is 45.7 Å². The van der Waals surface area contributed by atoms with Crippen LogP contribution >= 0.6 is 0 Å². The van der Waals surface area contributed by atoms with Gasteiger partial charge in [-0.1, -0.05) is 25.5 Å². The summed E-state index contributed by atoms with van der Waals surface area (Å²) in [6.45, 7) is 5.99. The molecule has 1 atom stereocenters. The summed E-state index contributed by atoms with van der Waals surface area (Å²) in [5.41, 5.74) is 6.67. The van der Waals surface area contributed by atoms with Crippen molar-refractivity contribution in [3.05, 3.63) is 54.0 Å². The third-order valence-electron chi connectivity index (χ3n) is 4.25. The molecule has 0 fully saturated rings. The number of ether oxygens (including phenoxy) is 1. The molecule has 136 valence electrons. The van der Waals surface area contributed by atoms with Gasteiger partial charge in [-0.3, -0.25) is 9.69 Å². The minimum atomic E-state index is -0.353. The van der Waals surface area contributed by atoms with Gasteiger partial charge in [0.25, 0.3) is 0 Å². The molecule has 0 saturated carbocycles. The summed E-state index contributed by atoms with van der Waals surface area (Å²) in [7, 11) is 0. The Balaban J connectivity index is 1.97. The van der Waals surface area contributed by atoms with Crippen molar-refractivity contribution in [1.29, 1.82) is 0 Å². The molecule has 0 aliphatic rings. The number of nitrogens with zero attached hydrogens (tertiary/aromatic N) is 1. The quantitative estimate of drug-likeness (QED) is 0.635. The lowest BCUT2D eigenvalue weighted by atomic mass is 10.1. The van der Waals surface area contributed by atoms with Crippen molar-refractivity contribution in [3.63, 3.8) is 0 Å². The van der Waals surface area contributed by atoms with Crippen LogP contribution in [-0.4, -0.2) is 30.0 Å². The average molecular weight is 344 g/mol. The Morgan fingerprint density at radius 2 is 2.16 bits per heavy atom. The predicted octanol–water partition coefficient (Wildman–Crippen LogP) is 3.38. The Morgan fingerprint density at radius 1 is 1.32 bits per heavy atom. The molecule has 0 saturated heterocycles. The van der Waals surface area contributed by atoms with Crippen molar-refractivity contribution < 1.29 is 13.9 Å². The third kappa shape index (κ3) is 6.27. The number of rotatable bonds is 11. The van der Waals surface area contributed by atoms with Crippen molar-refractivity contribution >= 4 is 5.91 Å². The second-order valence-corrected chi connectivity index (χ2v) is 6.23. The Labute approximate surface area is 149 Å². The van der Waals surface area contributed by atoms with Gasteiger partial charge in [0.05, 0.1) is 25.5 Å². The highest BCUT2D eigenvalue weighted by Crippen LogP contribution is 2.16. The van der Waals surface area contributed by atoms with Crippen molar-refractivity contribution in [1.82, 2.24) is 4.90 Å². The summed E-state index contributed by atoms with van der Waals surface area (Å²) in [4.78, 5) is 13.6. The van der Waals surface area contributed by atoms with Gasteiger partial charge in [-0.15, -0.1) is 0 Å². The van der Waals surface area contributed by atoms with Gasteiger partial charge in [0.2, 0.25) is 5.91 Å². The number of primary amides is 1. The van der Waals surface area contributed by atoms with Gasteiger partial charge in [0, 0.05) is 6.54 Å². The number of nitrogens with two attached hydrogens (primary N) is 1. The predicted molar refractivity (Wildman–Crippen MR) is 98.3 cm³/mol. The molecule has 2 aromatic rings. The van der Waals surface area contributed by atoms with Crippen molar-refractivity contribution in [2.75, 3.05) is 13.2 Å². The Kier molecular flexibility index (Phi) is 7.54. The summed E-state index contributed by atoms with van der Waals surface area (Å²) < 4.78 is 11.2. The number of carbonyl (C=O) groups excluding carboxylic acids is 1. The van der Waals surface area contributed by atoms with Crippen LogP contribution in [0.15, 0.2) is 47.1 Å². The van der Waals surface area contributed by atoms with Gasteiger partial charge >= 0.3 is 0 Å². The molecule has 1 aromatic heterocycles. The van der Waals surface area contributed by atoms with E-state index in [2.05, 4.69) is 19.1 Å². The van der Waals surface area contributed by atoms with Crippen LogP contribution < -0.4 is 10.5 Å². The Bertz CT molecular complexity index is 640. The first-order valence-corrected chi connectivity index (χ1v) is 8.87. The van der Waals surface area contributed by atoms with E-state index in [4.69, 9.17) is 14.9 Å². The topological polar surface area (TPSA) is 68.7 Å². The van der Waals surface area contributed by atoms with Crippen molar-refractivity contribution in [3.8, 4) is 5.75 Å². The lowest BCUT2D eigenvalue weighted by molar-refractivity contribution is -0.122. The summed E-state index contributed by atoms with van der Waals surface area (Å²) in [5, 5.41) is 0. The molecule has 5 heteroatoms. The molecule has 1 unspecified atom stereocenters. The molecule has 0 aliphatic carbocycles. The normalized spacial score (nSPS) is 12.3. The van der Waals surface area contributed by atoms with Crippen LogP contribution in [-0.2, 0) is 17.8 Å². The number of benzene rings is 1. The van der Waals surface area contributed by atoms with E-state index in [-0.39, 0.29) is 11.9 Å². The molecule has 2 N–H and O–H groups in total. The van der Waals surface area contributed by atoms with E-state index in [1.54, 1.807) is 6.26 Å². The fourth-order valence-corrected chi connectivity index (χ4v) is 2.59. The lowest BCUT2D eigenvalue weighted by Crippen LogP contribution is -2.43.